The number of oxazole rings is 1. The van der Waals surface area contributed by atoms with E-state index in [-0.39, 0.29) is 42.1 Å². The largest absolute Gasteiger partial charge is 0.480 e. The SMILES string of the molecule is CCOC(=O)c1nn(-c2ccc([N+](=O)[O-])cc2)cc1OCc1ncc(-c2ccc(F)cc2)o1. The van der Waals surface area contributed by atoms with Gasteiger partial charge in [0.1, 0.15) is 5.82 Å². The van der Waals surface area contributed by atoms with E-state index in [2.05, 4.69) is 10.1 Å². The summed E-state index contributed by atoms with van der Waals surface area (Å²) < 4.78 is 30.9. The maximum atomic E-state index is 13.1. The monoisotopic (exact) mass is 452 g/mol. The van der Waals surface area contributed by atoms with Gasteiger partial charge in [0.05, 0.1) is 29.6 Å². The number of hydrogen-bond acceptors (Lipinski definition) is 8. The van der Waals surface area contributed by atoms with Crippen LogP contribution in [0.4, 0.5) is 10.1 Å². The fourth-order valence-electron chi connectivity index (χ4n) is 2.93. The summed E-state index contributed by atoms with van der Waals surface area (Å²) in [6.07, 6.45) is 2.94. The van der Waals surface area contributed by atoms with Crippen LogP contribution in [0.3, 0.4) is 0 Å². The standard InChI is InChI=1S/C22H17FN4O6/c1-2-31-22(28)21-19(12-26(25-21)16-7-9-17(10-8-16)27(29)30)32-13-20-24-11-18(33-20)14-3-5-15(23)6-4-14/h3-12H,2,13H2,1H3. The molecule has 0 N–H and O–H groups in total. The highest BCUT2D eigenvalue weighted by Gasteiger charge is 2.21. The second-order valence-electron chi connectivity index (χ2n) is 6.69. The highest BCUT2D eigenvalue weighted by atomic mass is 19.1. The van der Waals surface area contributed by atoms with Crippen molar-refractivity contribution in [3.05, 3.63) is 88.4 Å². The number of non-ortho nitro benzene ring substituents is 1. The predicted octanol–water partition coefficient (Wildman–Crippen LogP) is 4.33. The first-order chi connectivity index (χ1) is 15.9. The number of hydrogen-bond donors (Lipinski definition) is 0. The Morgan fingerprint density at radius 3 is 2.58 bits per heavy atom. The van der Waals surface area contributed by atoms with Gasteiger partial charge in [0, 0.05) is 17.7 Å². The van der Waals surface area contributed by atoms with Gasteiger partial charge in [0.2, 0.25) is 11.6 Å². The molecule has 0 saturated carbocycles. The zero-order valence-corrected chi connectivity index (χ0v) is 17.3. The summed E-state index contributed by atoms with van der Waals surface area (Å²) in [7, 11) is 0. The maximum absolute atomic E-state index is 13.1. The Bertz CT molecular complexity index is 1280. The molecule has 10 nitrogen and oxygen atoms in total. The molecular weight excluding hydrogens is 435 g/mol. The minimum Gasteiger partial charge on any atom is -0.480 e. The van der Waals surface area contributed by atoms with Gasteiger partial charge in [-0.3, -0.25) is 10.1 Å². The van der Waals surface area contributed by atoms with Crippen molar-refractivity contribution in [3.8, 4) is 22.8 Å². The molecule has 0 atom stereocenters. The molecule has 0 spiro atoms. The van der Waals surface area contributed by atoms with Crippen molar-refractivity contribution in [1.29, 1.82) is 0 Å². The van der Waals surface area contributed by atoms with Gasteiger partial charge in [-0.2, -0.15) is 5.10 Å². The van der Waals surface area contributed by atoms with Crippen LogP contribution in [-0.2, 0) is 11.3 Å². The molecule has 2 heterocycles. The van der Waals surface area contributed by atoms with Crippen molar-refractivity contribution in [1.82, 2.24) is 14.8 Å². The van der Waals surface area contributed by atoms with Crippen molar-refractivity contribution >= 4 is 11.7 Å². The molecule has 4 rings (SSSR count). The smallest absolute Gasteiger partial charge is 0.362 e. The van der Waals surface area contributed by atoms with Crippen LogP contribution in [0.15, 0.2) is 65.3 Å². The number of nitro groups is 1. The van der Waals surface area contributed by atoms with Crippen molar-refractivity contribution in [2.45, 2.75) is 13.5 Å². The Hall–Kier alpha value is -4.54. The highest BCUT2D eigenvalue weighted by Crippen LogP contribution is 2.25. The number of nitro benzene ring substituents is 1. The number of carbonyl (C=O) groups is 1. The molecule has 2 aromatic carbocycles. The summed E-state index contributed by atoms with van der Waals surface area (Å²) in [5.74, 6) is -0.271. The molecule has 0 radical (unpaired) electrons. The molecule has 11 heteroatoms. The summed E-state index contributed by atoms with van der Waals surface area (Å²) in [4.78, 5) is 26.8. The Morgan fingerprint density at radius 2 is 1.91 bits per heavy atom. The molecule has 4 aromatic rings. The van der Waals surface area contributed by atoms with Crippen LogP contribution < -0.4 is 4.74 Å². The maximum Gasteiger partial charge on any atom is 0.362 e. The molecule has 0 unspecified atom stereocenters. The van der Waals surface area contributed by atoms with Crippen LogP contribution in [0.2, 0.25) is 0 Å². The molecule has 0 saturated heterocycles. The van der Waals surface area contributed by atoms with E-state index in [0.717, 1.165) is 0 Å². The number of ether oxygens (including phenoxy) is 2. The van der Waals surface area contributed by atoms with Crippen molar-refractivity contribution in [2.75, 3.05) is 6.61 Å². The number of nitrogens with zero attached hydrogens (tertiary/aromatic N) is 4. The first kappa shape index (κ1) is 21.7. The van der Waals surface area contributed by atoms with Gasteiger partial charge >= 0.3 is 5.97 Å². The van der Waals surface area contributed by atoms with E-state index in [4.69, 9.17) is 13.9 Å². The van der Waals surface area contributed by atoms with Crippen LogP contribution >= 0.6 is 0 Å². The topological polar surface area (TPSA) is 123 Å². The first-order valence-corrected chi connectivity index (χ1v) is 9.79. The molecule has 0 aliphatic rings. The van der Waals surface area contributed by atoms with Gasteiger partial charge in [-0.15, -0.1) is 0 Å². The predicted molar refractivity (Wildman–Crippen MR) is 112 cm³/mol. The number of rotatable bonds is 8. The Morgan fingerprint density at radius 1 is 1.18 bits per heavy atom. The third-order valence-corrected chi connectivity index (χ3v) is 4.51. The lowest BCUT2D eigenvalue weighted by Crippen LogP contribution is -2.08. The molecule has 2 aromatic heterocycles. The van der Waals surface area contributed by atoms with Crippen LogP contribution in [-0.4, -0.2) is 32.3 Å². The average molecular weight is 452 g/mol. The summed E-state index contributed by atoms with van der Waals surface area (Å²) in [5, 5.41) is 15.1. The molecule has 0 aliphatic heterocycles. The Kier molecular flexibility index (Phi) is 6.11. The molecule has 168 valence electrons. The van der Waals surface area contributed by atoms with E-state index in [1.165, 1.54) is 53.5 Å². The van der Waals surface area contributed by atoms with E-state index in [1.807, 2.05) is 0 Å². The Balaban J connectivity index is 1.55. The van der Waals surface area contributed by atoms with Gasteiger partial charge in [-0.1, -0.05) is 0 Å². The molecule has 33 heavy (non-hydrogen) atoms. The molecular formula is C22H17FN4O6. The fourth-order valence-corrected chi connectivity index (χ4v) is 2.93. The van der Waals surface area contributed by atoms with Crippen molar-refractivity contribution in [2.24, 2.45) is 0 Å². The number of esters is 1. The molecule has 0 aliphatic carbocycles. The lowest BCUT2D eigenvalue weighted by molar-refractivity contribution is -0.384. The molecule has 0 bridgehead atoms. The second kappa shape index (κ2) is 9.30. The number of aromatic nitrogens is 3. The average Bonchev–Trinajstić information content (AvgIpc) is 3.46. The third-order valence-electron chi connectivity index (χ3n) is 4.51. The fraction of sp³-hybridized carbons (Fsp3) is 0.136. The van der Waals surface area contributed by atoms with Crippen LogP contribution in [0.25, 0.3) is 17.0 Å². The Labute approximate surface area is 186 Å². The normalized spacial score (nSPS) is 10.7. The zero-order valence-electron chi connectivity index (χ0n) is 17.3. The van der Waals surface area contributed by atoms with Gasteiger partial charge in [-0.25, -0.2) is 18.9 Å². The summed E-state index contributed by atoms with van der Waals surface area (Å²) in [6, 6.07) is 11.4. The van der Waals surface area contributed by atoms with E-state index in [9.17, 15) is 19.3 Å². The van der Waals surface area contributed by atoms with Crippen molar-refractivity contribution < 1.29 is 28.0 Å². The summed E-state index contributed by atoms with van der Waals surface area (Å²) in [6.45, 7) is 1.69. The van der Waals surface area contributed by atoms with Crippen LogP contribution in [0.1, 0.15) is 23.3 Å². The molecule has 0 amide bonds. The summed E-state index contributed by atoms with van der Waals surface area (Å²) >= 11 is 0. The van der Waals surface area contributed by atoms with Crippen molar-refractivity contribution in [3.63, 3.8) is 0 Å². The molecule has 0 fully saturated rings. The van der Waals surface area contributed by atoms with E-state index in [1.54, 1.807) is 19.1 Å². The summed E-state index contributed by atoms with van der Waals surface area (Å²) in [5.41, 5.74) is 0.985. The highest BCUT2D eigenvalue weighted by molar-refractivity contribution is 5.90. The zero-order chi connectivity index (χ0) is 23.4. The van der Waals surface area contributed by atoms with Crippen LogP contribution in [0, 0.1) is 15.9 Å². The van der Waals surface area contributed by atoms with Gasteiger partial charge < -0.3 is 13.9 Å². The van der Waals surface area contributed by atoms with Gasteiger partial charge in [0.25, 0.3) is 5.69 Å². The third kappa shape index (κ3) is 4.87. The van der Waals surface area contributed by atoms with E-state index in [0.29, 0.717) is 17.0 Å². The minimum absolute atomic E-state index is 0.0690. The van der Waals surface area contributed by atoms with Crippen LogP contribution in [0.5, 0.6) is 5.75 Å². The number of benzene rings is 2. The minimum atomic E-state index is -0.687. The number of carbonyl (C=O) groups excluding carboxylic acids is 1. The van der Waals surface area contributed by atoms with Gasteiger partial charge in [-0.05, 0) is 43.3 Å². The van der Waals surface area contributed by atoms with E-state index >= 15 is 0 Å². The lowest BCUT2D eigenvalue weighted by Gasteiger charge is -2.03. The second-order valence-corrected chi connectivity index (χ2v) is 6.69. The first-order valence-electron chi connectivity index (χ1n) is 9.79. The lowest BCUT2D eigenvalue weighted by atomic mass is 10.2. The van der Waals surface area contributed by atoms with E-state index < -0.39 is 10.9 Å². The number of halogens is 1. The van der Waals surface area contributed by atoms with Gasteiger partial charge in [0.15, 0.2) is 18.1 Å². The quantitative estimate of drug-likeness (QED) is 0.220.